The predicted octanol–water partition coefficient (Wildman–Crippen LogP) is 4.51. The van der Waals surface area contributed by atoms with Crippen LogP contribution in [0, 0.1) is 10.1 Å². The Bertz CT molecular complexity index is 758. The van der Waals surface area contributed by atoms with Gasteiger partial charge in [-0.15, -0.1) is 23.2 Å². The molecule has 0 aromatic heterocycles. The molecule has 118 valence electrons. The number of nitro groups is 1. The highest BCUT2D eigenvalue weighted by Gasteiger charge is 2.52. The average molecular weight is 351 g/mol. The Kier molecular flexibility index (Phi) is 4.00. The number of carbonyl (C=O) groups excluding carboxylic acids is 1. The van der Waals surface area contributed by atoms with E-state index in [-0.39, 0.29) is 17.5 Å². The second-order valence-electron chi connectivity index (χ2n) is 5.40. The molecular weight excluding hydrogens is 339 g/mol. The van der Waals surface area contributed by atoms with Crippen LogP contribution in [0.25, 0.3) is 0 Å². The van der Waals surface area contributed by atoms with Crippen molar-refractivity contribution < 1.29 is 9.72 Å². The Morgan fingerprint density at radius 2 is 1.70 bits per heavy atom. The Morgan fingerprint density at radius 1 is 1.13 bits per heavy atom. The number of alkyl halides is 2. The lowest BCUT2D eigenvalue weighted by atomic mass is 10.1. The lowest BCUT2D eigenvalue weighted by Gasteiger charge is -2.07. The first-order valence-electron chi connectivity index (χ1n) is 6.90. The molecule has 23 heavy (non-hydrogen) atoms. The number of halogens is 2. The van der Waals surface area contributed by atoms with Gasteiger partial charge in [0.2, 0.25) is 0 Å². The first-order valence-corrected chi connectivity index (χ1v) is 7.66. The zero-order valence-corrected chi connectivity index (χ0v) is 13.3. The molecule has 0 unspecified atom stereocenters. The van der Waals surface area contributed by atoms with Crippen LogP contribution in [0.1, 0.15) is 28.3 Å². The van der Waals surface area contributed by atoms with Crippen molar-refractivity contribution in [2.45, 2.75) is 16.7 Å². The third-order valence-electron chi connectivity index (χ3n) is 3.74. The molecule has 0 radical (unpaired) electrons. The van der Waals surface area contributed by atoms with Crippen LogP contribution in [-0.2, 0) is 0 Å². The number of non-ortho nitro benzene ring substituents is 1. The smallest absolute Gasteiger partial charge is 0.269 e. The van der Waals surface area contributed by atoms with Crippen LogP contribution in [0.15, 0.2) is 48.5 Å². The summed E-state index contributed by atoms with van der Waals surface area (Å²) in [4.78, 5) is 22.2. The third kappa shape index (κ3) is 3.46. The molecule has 1 saturated carbocycles. The van der Waals surface area contributed by atoms with E-state index in [1.807, 2.05) is 12.1 Å². The molecule has 0 spiro atoms. The van der Waals surface area contributed by atoms with Gasteiger partial charge in [0.1, 0.15) is 4.33 Å². The number of nitrogens with one attached hydrogen (secondary N) is 1. The quantitative estimate of drug-likeness (QED) is 0.500. The van der Waals surface area contributed by atoms with E-state index in [4.69, 9.17) is 23.2 Å². The standard InChI is InChI=1S/C16H12Cl2N2O3/c17-16(18)9-14(16)10-1-5-12(6-2-10)19-15(21)11-3-7-13(8-4-11)20(22)23/h1-8,14H,9H2,(H,19,21)/t14-/m0/s1. The van der Waals surface area contributed by atoms with E-state index in [1.54, 1.807) is 12.1 Å². The monoisotopic (exact) mass is 350 g/mol. The van der Waals surface area contributed by atoms with Gasteiger partial charge in [-0.25, -0.2) is 0 Å². The van der Waals surface area contributed by atoms with Crippen molar-refractivity contribution in [2.24, 2.45) is 0 Å². The molecule has 1 N–H and O–H groups in total. The largest absolute Gasteiger partial charge is 0.322 e. The van der Waals surface area contributed by atoms with Gasteiger partial charge in [0.15, 0.2) is 0 Å². The summed E-state index contributed by atoms with van der Waals surface area (Å²) in [5.74, 6) is -0.201. The number of nitro benzene ring substituents is 1. The number of carbonyl (C=O) groups is 1. The summed E-state index contributed by atoms with van der Waals surface area (Å²) >= 11 is 12.1. The van der Waals surface area contributed by atoms with Crippen LogP contribution in [0.3, 0.4) is 0 Å². The number of hydrogen-bond acceptors (Lipinski definition) is 3. The van der Waals surface area contributed by atoms with E-state index in [2.05, 4.69) is 5.32 Å². The molecule has 1 amide bonds. The Balaban J connectivity index is 1.67. The van der Waals surface area contributed by atoms with Gasteiger partial charge in [-0.2, -0.15) is 0 Å². The molecule has 0 aliphatic heterocycles. The van der Waals surface area contributed by atoms with Gasteiger partial charge in [0, 0.05) is 29.3 Å². The Labute approximate surface area is 142 Å². The minimum Gasteiger partial charge on any atom is -0.322 e. The number of rotatable bonds is 4. The fraction of sp³-hybridized carbons (Fsp3) is 0.188. The van der Waals surface area contributed by atoms with Crippen LogP contribution in [0.5, 0.6) is 0 Å². The highest BCUT2D eigenvalue weighted by molar-refractivity contribution is 6.51. The molecule has 0 heterocycles. The summed E-state index contributed by atoms with van der Waals surface area (Å²) in [6, 6.07) is 12.7. The summed E-state index contributed by atoms with van der Waals surface area (Å²) in [5, 5.41) is 13.3. The minimum absolute atomic E-state index is 0.0547. The van der Waals surface area contributed by atoms with Gasteiger partial charge < -0.3 is 5.32 Å². The van der Waals surface area contributed by atoms with Crippen molar-refractivity contribution in [1.29, 1.82) is 0 Å². The lowest BCUT2D eigenvalue weighted by Crippen LogP contribution is -2.11. The summed E-state index contributed by atoms with van der Waals surface area (Å²) < 4.78 is -0.677. The number of benzene rings is 2. The second kappa shape index (κ2) is 5.83. The van der Waals surface area contributed by atoms with Gasteiger partial charge >= 0.3 is 0 Å². The van der Waals surface area contributed by atoms with Crippen molar-refractivity contribution >= 4 is 40.5 Å². The minimum atomic E-state index is -0.677. The molecule has 0 saturated heterocycles. The number of hydrogen-bond donors (Lipinski definition) is 1. The number of amides is 1. The van der Waals surface area contributed by atoms with E-state index in [1.165, 1.54) is 24.3 Å². The SMILES string of the molecule is O=C(Nc1ccc([C@@H]2CC2(Cl)Cl)cc1)c1ccc([N+](=O)[O-])cc1. The highest BCUT2D eigenvalue weighted by Crippen LogP contribution is 2.59. The van der Waals surface area contributed by atoms with Gasteiger partial charge in [-0.1, -0.05) is 12.1 Å². The van der Waals surface area contributed by atoms with E-state index in [0.29, 0.717) is 11.3 Å². The maximum atomic E-state index is 12.1. The fourth-order valence-corrected chi connectivity index (χ4v) is 2.87. The molecule has 1 atom stereocenters. The fourth-order valence-electron chi connectivity index (χ4n) is 2.31. The van der Waals surface area contributed by atoms with Crippen molar-refractivity contribution in [3.8, 4) is 0 Å². The van der Waals surface area contributed by atoms with Gasteiger partial charge in [0.25, 0.3) is 11.6 Å². The molecule has 0 bridgehead atoms. The van der Waals surface area contributed by atoms with Crippen LogP contribution in [0.2, 0.25) is 0 Å². The first kappa shape index (κ1) is 15.8. The third-order valence-corrected chi connectivity index (χ3v) is 4.57. The molecule has 2 aromatic carbocycles. The Morgan fingerprint density at radius 3 is 2.17 bits per heavy atom. The van der Waals surface area contributed by atoms with Crippen LogP contribution >= 0.6 is 23.2 Å². The molecule has 7 heteroatoms. The first-order chi connectivity index (χ1) is 10.9. The molecule has 1 fully saturated rings. The summed E-state index contributed by atoms with van der Waals surface area (Å²) in [7, 11) is 0. The molecule has 3 rings (SSSR count). The van der Waals surface area contributed by atoms with Crippen molar-refractivity contribution in [3.63, 3.8) is 0 Å². The zero-order chi connectivity index (χ0) is 16.6. The van der Waals surface area contributed by atoms with Crippen molar-refractivity contribution in [2.75, 3.05) is 5.32 Å². The molecule has 1 aliphatic rings. The maximum absolute atomic E-state index is 12.1. The summed E-state index contributed by atoms with van der Waals surface area (Å²) in [6.07, 6.45) is 0.727. The summed E-state index contributed by atoms with van der Waals surface area (Å²) in [6.45, 7) is 0. The number of nitrogens with zero attached hydrogens (tertiary/aromatic N) is 1. The van der Waals surface area contributed by atoms with Crippen LogP contribution < -0.4 is 5.32 Å². The molecule has 1 aliphatic carbocycles. The topological polar surface area (TPSA) is 72.2 Å². The van der Waals surface area contributed by atoms with Gasteiger partial charge in [-0.3, -0.25) is 14.9 Å². The zero-order valence-electron chi connectivity index (χ0n) is 11.8. The van der Waals surface area contributed by atoms with Crippen molar-refractivity contribution in [1.82, 2.24) is 0 Å². The van der Waals surface area contributed by atoms with E-state index >= 15 is 0 Å². The van der Waals surface area contributed by atoms with E-state index in [9.17, 15) is 14.9 Å². The molecule has 2 aromatic rings. The lowest BCUT2D eigenvalue weighted by molar-refractivity contribution is -0.384. The van der Waals surface area contributed by atoms with Gasteiger partial charge in [0.05, 0.1) is 4.92 Å². The average Bonchev–Trinajstić information content (AvgIpc) is 3.16. The van der Waals surface area contributed by atoms with Gasteiger partial charge in [-0.05, 0) is 36.2 Å². The predicted molar refractivity (Wildman–Crippen MR) is 89.3 cm³/mol. The molecular formula is C16H12Cl2N2O3. The normalized spacial score (nSPS) is 18.3. The Hall–Kier alpha value is -2.11. The van der Waals surface area contributed by atoms with E-state index < -0.39 is 9.26 Å². The molecule has 5 nitrogen and oxygen atoms in total. The van der Waals surface area contributed by atoms with Crippen molar-refractivity contribution in [3.05, 3.63) is 69.8 Å². The second-order valence-corrected chi connectivity index (χ2v) is 6.94. The maximum Gasteiger partial charge on any atom is 0.269 e. The summed E-state index contributed by atoms with van der Waals surface area (Å²) in [5.41, 5.74) is 1.96. The van der Waals surface area contributed by atoms with Crippen LogP contribution in [0.4, 0.5) is 11.4 Å². The van der Waals surface area contributed by atoms with Crippen LogP contribution in [-0.4, -0.2) is 15.2 Å². The van der Waals surface area contributed by atoms with E-state index in [0.717, 1.165) is 12.0 Å². The number of anilines is 1. The highest BCUT2D eigenvalue weighted by atomic mass is 35.5.